The van der Waals surface area contributed by atoms with Crippen molar-refractivity contribution in [3.8, 4) is 0 Å². The standard InChI is InChI=1S/C79H154O17P2/c1-6-9-12-15-18-21-24-27-29-30-31-32-33-34-35-37-40-43-50-55-60-65-79(84)95-74(68-89-76(81)62-57-52-47-41-39-36-28-25-22-19-16-13-10-7-2)70-93-97(85,86)91-66-73(80)67-92-98(87,88)94-71-75(69-90-77(82)63-58-53-48-45-44-46-51-56-61-72(4)5)96-78(83)64-59-54-49-42-38-26-23-20-17-14-11-8-3/h72-75,80H,6-71H2,1-5H3,(H,85,86)(H,87,88)/t73-,74-,75-/m1/s1. The predicted molar refractivity (Wildman–Crippen MR) is 400 cm³/mol. The Hall–Kier alpha value is -1.94. The number of phosphoric acid groups is 2. The molecule has 98 heavy (non-hydrogen) atoms. The molecule has 5 atom stereocenters. The van der Waals surface area contributed by atoms with E-state index in [0.29, 0.717) is 25.7 Å². The molecule has 2 unspecified atom stereocenters. The Balaban J connectivity index is 5.21. The highest BCUT2D eigenvalue weighted by Gasteiger charge is 2.30. The third-order valence-electron chi connectivity index (χ3n) is 18.5. The van der Waals surface area contributed by atoms with Gasteiger partial charge in [0, 0.05) is 25.7 Å². The van der Waals surface area contributed by atoms with Crippen LogP contribution in [-0.2, 0) is 65.4 Å². The SMILES string of the molecule is CCCCCCCCCCCCCCCCCCCCCCCC(=O)O[C@H](COC(=O)CCCCCCCCCCCCCCCC)COP(=O)(O)OC[C@@H](O)COP(=O)(O)OC[C@@H](COC(=O)CCCCCCCCCCC(C)C)OC(=O)CCCCCCCCCCCCCC. The highest BCUT2D eigenvalue weighted by Crippen LogP contribution is 2.45. The largest absolute Gasteiger partial charge is 0.472 e. The molecule has 0 heterocycles. The summed E-state index contributed by atoms with van der Waals surface area (Å²) in [6, 6.07) is 0. The maximum absolute atomic E-state index is 13.1. The van der Waals surface area contributed by atoms with Crippen LogP contribution >= 0.6 is 15.6 Å². The van der Waals surface area contributed by atoms with Gasteiger partial charge in [-0.2, -0.15) is 0 Å². The van der Waals surface area contributed by atoms with Crippen LogP contribution in [0.1, 0.15) is 420 Å². The summed E-state index contributed by atoms with van der Waals surface area (Å²) >= 11 is 0. The van der Waals surface area contributed by atoms with Gasteiger partial charge in [-0.15, -0.1) is 0 Å². The van der Waals surface area contributed by atoms with Gasteiger partial charge in [0.25, 0.3) is 0 Å². The Morgan fingerprint density at radius 1 is 0.276 bits per heavy atom. The van der Waals surface area contributed by atoms with E-state index in [-0.39, 0.29) is 25.7 Å². The van der Waals surface area contributed by atoms with Crippen molar-refractivity contribution in [2.24, 2.45) is 5.92 Å². The van der Waals surface area contributed by atoms with Crippen molar-refractivity contribution in [2.75, 3.05) is 39.6 Å². The van der Waals surface area contributed by atoms with Crippen LogP contribution in [0.15, 0.2) is 0 Å². The van der Waals surface area contributed by atoms with E-state index < -0.39 is 97.5 Å². The van der Waals surface area contributed by atoms with Crippen molar-refractivity contribution >= 4 is 39.5 Å². The summed E-state index contributed by atoms with van der Waals surface area (Å²) in [4.78, 5) is 72.9. The maximum Gasteiger partial charge on any atom is 0.472 e. The van der Waals surface area contributed by atoms with Crippen LogP contribution in [-0.4, -0.2) is 96.7 Å². The molecule has 0 fully saturated rings. The van der Waals surface area contributed by atoms with E-state index in [4.69, 9.17) is 37.0 Å². The van der Waals surface area contributed by atoms with Crippen LogP contribution < -0.4 is 0 Å². The van der Waals surface area contributed by atoms with Gasteiger partial charge in [-0.05, 0) is 31.6 Å². The second-order valence-electron chi connectivity index (χ2n) is 28.9. The molecular weight excluding hydrogens is 1280 g/mol. The van der Waals surface area contributed by atoms with E-state index in [1.807, 2.05) is 0 Å². The van der Waals surface area contributed by atoms with E-state index >= 15 is 0 Å². The first kappa shape index (κ1) is 96.1. The van der Waals surface area contributed by atoms with Gasteiger partial charge < -0.3 is 33.8 Å². The number of aliphatic hydroxyl groups excluding tert-OH is 1. The highest BCUT2D eigenvalue weighted by molar-refractivity contribution is 7.47. The number of hydrogen-bond acceptors (Lipinski definition) is 15. The fraction of sp³-hybridized carbons (Fsp3) is 0.949. The molecule has 0 spiro atoms. The van der Waals surface area contributed by atoms with Crippen LogP contribution in [0.3, 0.4) is 0 Å². The average molecular weight is 1440 g/mol. The van der Waals surface area contributed by atoms with E-state index in [1.165, 1.54) is 244 Å². The van der Waals surface area contributed by atoms with Crippen LogP contribution in [0.5, 0.6) is 0 Å². The van der Waals surface area contributed by atoms with Gasteiger partial charge in [0.1, 0.15) is 19.3 Å². The molecule has 0 aromatic heterocycles. The Morgan fingerprint density at radius 2 is 0.469 bits per heavy atom. The molecule has 0 bridgehead atoms. The van der Waals surface area contributed by atoms with Crippen molar-refractivity contribution < 1.29 is 80.2 Å². The van der Waals surface area contributed by atoms with Crippen LogP contribution in [0, 0.1) is 5.92 Å². The van der Waals surface area contributed by atoms with Gasteiger partial charge in [0.15, 0.2) is 12.2 Å². The van der Waals surface area contributed by atoms with Gasteiger partial charge >= 0.3 is 39.5 Å². The first-order chi connectivity index (χ1) is 47.5. The van der Waals surface area contributed by atoms with Gasteiger partial charge in [0.2, 0.25) is 0 Å². The summed E-state index contributed by atoms with van der Waals surface area (Å²) < 4.78 is 68.6. The summed E-state index contributed by atoms with van der Waals surface area (Å²) in [6.45, 7) is 7.28. The molecule has 0 radical (unpaired) electrons. The van der Waals surface area contributed by atoms with Crippen molar-refractivity contribution in [3.63, 3.8) is 0 Å². The fourth-order valence-corrected chi connectivity index (χ4v) is 13.8. The Kier molecular flexibility index (Phi) is 70.6. The lowest BCUT2D eigenvalue weighted by molar-refractivity contribution is -0.161. The van der Waals surface area contributed by atoms with Crippen LogP contribution in [0.25, 0.3) is 0 Å². The molecule has 0 aliphatic heterocycles. The van der Waals surface area contributed by atoms with Crippen LogP contribution in [0.4, 0.5) is 0 Å². The number of carbonyl (C=O) groups excluding carboxylic acids is 4. The van der Waals surface area contributed by atoms with Gasteiger partial charge in [0.05, 0.1) is 26.4 Å². The third-order valence-corrected chi connectivity index (χ3v) is 20.4. The summed E-state index contributed by atoms with van der Waals surface area (Å²) in [6.07, 6.45) is 62.5. The lowest BCUT2D eigenvalue weighted by atomic mass is 10.0. The molecule has 0 aliphatic carbocycles. The fourth-order valence-electron chi connectivity index (χ4n) is 12.2. The van der Waals surface area contributed by atoms with Gasteiger partial charge in [-0.1, -0.05) is 369 Å². The first-order valence-corrected chi connectivity index (χ1v) is 44.1. The van der Waals surface area contributed by atoms with E-state index in [1.54, 1.807) is 0 Å². The lowest BCUT2D eigenvalue weighted by Gasteiger charge is -2.21. The minimum atomic E-state index is -4.96. The molecular formula is C79H154O17P2. The Morgan fingerprint density at radius 3 is 0.694 bits per heavy atom. The smallest absolute Gasteiger partial charge is 0.462 e. The average Bonchev–Trinajstić information content (AvgIpc) is 1.18. The van der Waals surface area contributed by atoms with Crippen molar-refractivity contribution in [1.29, 1.82) is 0 Å². The third kappa shape index (κ3) is 72.4. The zero-order chi connectivity index (χ0) is 71.9. The zero-order valence-corrected chi connectivity index (χ0v) is 65.7. The lowest BCUT2D eigenvalue weighted by Crippen LogP contribution is -2.30. The minimum Gasteiger partial charge on any atom is -0.462 e. The molecule has 0 aromatic carbocycles. The number of esters is 4. The monoisotopic (exact) mass is 1440 g/mol. The molecule has 17 nitrogen and oxygen atoms in total. The first-order valence-electron chi connectivity index (χ1n) is 41.1. The predicted octanol–water partition coefficient (Wildman–Crippen LogP) is 23.6. The van der Waals surface area contributed by atoms with E-state index in [2.05, 4.69) is 34.6 Å². The summed E-state index contributed by atoms with van der Waals surface area (Å²) in [5, 5.41) is 10.6. The van der Waals surface area contributed by atoms with Crippen molar-refractivity contribution in [1.82, 2.24) is 0 Å². The summed E-state index contributed by atoms with van der Waals surface area (Å²) in [5.74, 6) is -1.38. The maximum atomic E-state index is 13.1. The molecule has 0 saturated heterocycles. The second-order valence-corrected chi connectivity index (χ2v) is 31.8. The Bertz CT molecular complexity index is 1870. The highest BCUT2D eigenvalue weighted by atomic mass is 31.2. The molecule has 3 N–H and O–H groups in total. The number of hydrogen-bond donors (Lipinski definition) is 3. The molecule has 19 heteroatoms. The second kappa shape index (κ2) is 72.0. The van der Waals surface area contributed by atoms with Crippen molar-refractivity contribution in [2.45, 2.75) is 438 Å². The molecule has 0 aliphatic rings. The van der Waals surface area contributed by atoms with Gasteiger partial charge in [-0.25, -0.2) is 9.13 Å². The van der Waals surface area contributed by atoms with E-state index in [0.717, 1.165) is 95.8 Å². The molecule has 582 valence electrons. The molecule has 0 aromatic rings. The number of ether oxygens (including phenoxy) is 4. The molecule has 0 rings (SSSR count). The summed E-state index contributed by atoms with van der Waals surface area (Å²) in [5.41, 5.74) is 0. The van der Waals surface area contributed by atoms with Crippen molar-refractivity contribution in [3.05, 3.63) is 0 Å². The normalized spacial score (nSPS) is 13.9. The number of rotatable bonds is 79. The molecule has 0 saturated carbocycles. The van der Waals surface area contributed by atoms with E-state index in [9.17, 15) is 43.2 Å². The van der Waals surface area contributed by atoms with Gasteiger partial charge in [-0.3, -0.25) is 37.3 Å². The number of unbranched alkanes of at least 4 members (excludes halogenated alkanes) is 51. The quantitative estimate of drug-likeness (QED) is 0.0222. The number of aliphatic hydroxyl groups is 1. The topological polar surface area (TPSA) is 237 Å². The van der Waals surface area contributed by atoms with Crippen LogP contribution in [0.2, 0.25) is 0 Å². The molecule has 0 amide bonds. The zero-order valence-electron chi connectivity index (χ0n) is 63.9. The Labute approximate surface area is 600 Å². The summed E-state index contributed by atoms with van der Waals surface area (Å²) in [7, 11) is -9.91. The minimum absolute atomic E-state index is 0.107. The number of phosphoric ester groups is 2. The number of carbonyl (C=O) groups is 4.